The van der Waals surface area contributed by atoms with Gasteiger partial charge in [0.05, 0.1) is 31.3 Å². The highest BCUT2D eigenvalue weighted by molar-refractivity contribution is 6.25. The lowest BCUT2D eigenvalue weighted by Gasteiger charge is -2.35. The third-order valence-electron chi connectivity index (χ3n) is 7.08. The van der Waals surface area contributed by atoms with Crippen molar-refractivity contribution in [2.24, 2.45) is 0 Å². The van der Waals surface area contributed by atoms with Gasteiger partial charge in [-0.1, -0.05) is 48.5 Å². The maximum absolute atomic E-state index is 13.6. The van der Waals surface area contributed by atoms with Crippen molar-refractivity contribution >= 4 is 34.3 Å². The van der Waals surface area contributed by atoms with E-state index in [4.69, 9.17) is 4.74 Å². The van der Waals surface area contributed by atoms with Crippen molar-refractivity contribution in [2.45, 2.75) is 31.0 Å². The maximum Gasteiger partial charge on any atom is 0.332 e. The first-order valence-electron chi connectivity index (χ1n) is 11.1. The van der Waals surface area contributed by atoms with Crippen LogP contribution < -0.4 is 9.64 Å². The van der Waals surface area contributed by atoms with E-state index >= 15 is 0 Å². The first kappa shape index (κ1) is 19.8. The van der Waals surface area contributed by atoms with Crippen molar-refractivity contribution in [1.82, 2.24) is 9.80 Å². The fraction of sp³-hybridized carbons (Fsp3) is 0.269. The Labute approximate surface area is 191 Å². The Bertz CT molecular complexity index is 1300. The molecule has 0 N–H and O–H groups in total. The molecule has 3 atom stereocenters. The zero-order chi connectivity index (χ0) is 22.7. The number of urea groups is 1. The van der Waals surface area contributed by atoms with Gasteiger partial charge in [-0.2, -0.15) is 0 Å². The summed E-state index contributed by atoms with van der Waals surface area (Å²) < 4.78 is 5.26. The zero-order valence-electron chi connectivity index (χ0n) is 18.2. The number of hydrogen-bond donors (Lipinski definition) is 0. The van der Waals surface area contributed by atoms with Gasteiger partial charge in [0, 0.05) is 11.9 Å². The summed E-state index contributed by atoms with van der Waals surface area (Å²) in [5, 5.41) is 1.84. The van der Waals surface area contributed by atoms with Gasteiger partial charge in [0.15, 0.2) is 0 Å². The predicted molar refractivity (Wildman–Crippen MR) is 123 cm³/mol. The molecule has 0 aliphatic carbocycles. The predicted octanol–water partition coefficient (Wildman–Crippen LogP) is 3.21. The Morgan fingerprint density at radius 2 is 1.82 bits per heavy atom. The van der Waals surface area contributed by atoms with E-state index < -0.39 is 6.04 Å². The van der Waals surface area contributed by atoms with Crippen LogP contribution in [0.5, 0.6) is 5.75 Å². The second kappa shape index (κ2) is 7.33. The van der Waals surface area contributed by atoms with Gasteiger partial charge >= 0.3 is 6.03 Å². The minimum absolute atomic E-state index is 0.0285. The van der Waals surface area contributed by atoms with Crippen LogP contribution in [0, 0.1) is 0 Å². The van der Waals surface area contributed by atoms with Gasteiger partial charge in [0.25, 0.3) is 5.91 Å². The van der Waals surface area contributed by atoms with E-state index in [-0.39, 0.29) is 36.3 Å². The van der Waals surface area contributed by atoms with E-state index in [9.17, 15) is 14.4 Å². The number of piperazine rings is 1. The van der Waals surface area contributed by atoms with Gasteiger partial charge in [0.2, 0.25) is 5.91 Å². The molecule has 4 amide bonds. The van der Waals surface area contributed by atoms with Crippen molar-refractivity contribution in [3.63, 3.8) is 0 Å². The molecule has 3 fully saturated rings. The number of carbonyl (C=O) groups excluding carboxylic acids is 3. The third-order valence-corrected chi connectivity index (χ3v) is 7.08. The van der Waals surface area contributed by atoms with E-state index in [0.29, 0.717) is 24.4 Å². The quantitative estimate of drug-likeness (QED) is 0.583. The molecule has 33 heavy (non-hydrogen) atoms. The maximum atomic E-state index is 13.6. The van der Waals surface area contributed by atoms with Crippen molar-refractivity contribution in [3.8, 4) is 5.75 Å². The Balaban J connectivity index is 1.28. The highest BCUT2D eigenvalue weighted by Crippen LogP contribution is 2.43. The van der Waals surface area contributed by atoms with Crippen molar-refractivity contribution in [1.29, 1.82) is 0 Å². The van der Waals surface area contributed by atoms with Crippen LogP contribution in [0.3, 0.4) is 0 Å². The fourth-order valence-corrected chi connectivity index (χ4v) is 5.63. The number of ether oxygens (including phenoxy) is 1. The van der Waals surface area contributed by atoms with Crippen LogP contribution in [0.15, 0.2) is 66.7 Å². The first-order valence-corrected chi connectivity index (χ1v) is 11.1. The Hall–Kier alpha value is -3.87. The highest BCUT2D eigenvalue weighted by Gasteiger charge is 2.62. The third kappa shape index (κ3) is 2.92. The van der Waals surface area contributed by atoms with E-state index in [2.05, 4.69) is 0 Å². The van der Waals surface area contributed by atoms with Gasteiger partial charge < -0.3 is 14.5 Å². The van der Waals surface area contributed by atoms with Crippen molar-refractivity contribution in [2.75, 3.05) is 18.6 Å². The Morgan fingerprint density at radius 3 is 2.67 bits per heavy atom. The van der Waals surface area contributed by atoms with Gasteiger partial charge in [-0.3, -0.25) is 9.59 Å². The van der Waals surface area contributed by atoms with Crippen LogP contribution >= 0.6 is 0 Å². The molecule has 0 radical (unpaired) electrons. The van der Waals surface area contributed by atoms with Crippen LogP contribution in [0.2, 0.25) is 0 Å². The monoisotopic (exact) mass is 441 g/mol. The number of fused-ring (bicyclic) bond motifs is 6. The van der Waals surface area contributed by atoms with Gasteiger partial charge in [0.1, 0.15) is 11.8 Å². The molecule has 6 rings (SSSR count). The molecule has 3 aromatic carbocycles. The van der Waals surface area contributed by atoms with Crippen LogP contribution in [-0.4, -0.2) is 59.4 Å². The first-order chi connectivity index (χ1) is 16.1. The van der Waals surface area contributed by atoms with Crippen molar-refractivity contribution < 1.29 is 19.1 Å². The molecule has 166 valence electrons. The number of carbonyl (C=O) groups is 3. The lowest BCUT2D eigenvalue weighted by molar-refractivity contribution is -0.135. The number of methoxy groups -OCH3 is 1. The van der Waals surface area contributed by atoms with Crippen LogP contribution in [0.25, 0.3) is 10.8 Å². The molecule has 3 aliphatic heterocycles. The summed E-state index contributed by atoms with van der Waals surface area (Å²) in [6, 6.07) is 19.5. The van der Waals surface area contributed by atoms with E-state index in [1.165, 1.54) is 4.90 Å². The number of benzene rings is 3. The number of hydrogen-bond acceptors (Lipinski definition) is 4. The molecular formula is C26H23N3O4. The molecular weight excluding hydrogens is 418 g/mol. The average molecular weight is 441 g/mol. The summed E-state index contributed by atoms with van der Waals surface area (Å²) in [6.07, 6.45) is 0.887. The molecule has 3 aliphatic rings. The molecule has 0 aromatic heterocycles. The summed E-state index contributed by atoms with van der Waals surface area (Å²) in [7, 11) is 1.60. The molecule has 3 heterocycles. The molecule has 3 aromatic rings. The normalized spacial score (nSPS) is 23.5. The summed E-state index contributed by atoms with van der Waals surface area (Å²) in [5.41, 5.74) is 1.47. The SMILES string of the molecule is COc1cccc(CC(=O)N2C[C@H]3CC2[C@@H]2C(=O)N(c4cccc5ccccc45)C(=O)N32)c1. The van der Waals surface area contributed by atoms with Crippen LogP contribution in [0.1, 0.15) is 12.0 Å². The number of imide groups is 1. The molecule has 1 unspecified atom stereocenters. The minimum Gasteiger partial charge on any atom is -0.497 e. The number of likely N-dealkylation sites (tertiary alicyclic amines) is 1. The Kier molecular flexibility index (Phi) is 4.40. The summed E-state index contributed by atoms with van der Waals surface area (Å²) >= 11 is 0. The van der Waals surface area contributed by atoms with Gasteiger partial charge in [-0.15, -0.1) is 0 Å². The molecule has 3 saturated heterocycles. The second-order valence-electron chi connectivity index (χ2n) is 8.84. The zero-order valence-corrected chi connectivity index (χ0v) is 18.2. The molecule has 0 spiro atoms. The smallest absolute Gasteiger partial charge is 0.332 e. The summed E-state index contributed by atoms with van der Waals surface area (Å²) in [4.78, 5) is 44.9. The molecule has 7 heteroatoms. The summed E-state index contributed by atoms with van der Waals surface area (Å²) in [5.74, 6) is 0.429. The molecule has 2 bridgehead atoms. The number of anilines is 1. The standard InChI is InChI=1S/C26H23N3O4/c1-33-19-9-4-6-16(12-19)13-23(30)27-15-18-14-22(27)24-25(31)29(26(32)28(18)24)21-11-5-8-17-7-2-3-10-20(17)21/h2-12,18,22,24H,13-15H2,1H3/t18-,22?,24-/m1/s1. The largest absolute Gasteiger partial charge is 0.497 e. The van der Waals surface area contributed by atoms with Crippen LogP contribution in [0.4, 0.5) is 10.5 Å². The topological polar surface area (TPSA) is 70.2 Å². The summed E-state index contributed by atoms with van der Waals surface area (Å²) in [6.45, 7) is 0.465. The van der Waals surface area contributed by atoms with Crippen LogP contribution in [-0.2, 0) is 16.0 Å². The van der Waals surface area contributed by atoms with Gasteiger partial charge in [-0.05, 0) is 35.6 Å². The lowest BCUT2D eigenvalue weighted by atomic mass is 10.1. The van der Waals surface area contributed by atoms with E-state index in [1.807, 2.05) is 66.7 Å². The number of nitrogens with zero attached hydrogens (tertiary/aromatic N) is 3. The molecule has 0 saturated carbocycles. The second-order valence-corrected chi connectivity index (χ2v) is 8.84. The van der Waals surface area contributed by atoms with E-state index in [1.54, 1.807) is 16.9 Å². The van der Waals surface area contributed by atoms with Gasteiger partial charge in [-0.25, -0.2) is 9.69 Å². The van der Waals surface area contributed by atoms with Crippen molar-refractivity contribution in [3.05, 3.63) is 72.3 Å². The lowest BCUT2D eigenvalue weighted by Crippen LogP contribution is -2.55. The molecule has 7 nitrogen and oxygen atoms in total. The number of rotatable bonds is 4. The fourth-order valence-electron chi connectivity index (χ4n) is 5.63. The van der Waals surface area contributed by atoms with E-state index in [0.717, 1.165) is 16.3 Å². The minimum atomic E-state index is -0.621. The average Bonchev–Trinajstić information content (AvgIpc) is 3.50. The number of amides is 4. The highest BCUT2D eigenvalue weighted by atomic mass is 16.5. The Morgan fingerprint density at radius 1 is 1.03 bits per heavy atom.